The van der Waals surface area contributed by atoms with E-state index in [-0.39, 0.29) is 0 Å². The summed E-state index contributed by atoms with van der Waals surface area (Å²) < 4.78 is 2.99. The van der Waals surface area contributed by atoms with Crippen LogP contribution in [0.15, 0.2) is 22.0 Å². The van der Waals surface area contributed by atoms with Crippen molar-refractivity contribution in [3.05, 3.63) is 28.8 Å². The second-order valence-electron chi connectivity index (χ2n) is 3.54. The number of aryl methyl sites for hydroxylation is 3. The molecule has 0 atom stereocenters. The minimum Gasteiger partial charge on any atom is -0.369 e. The van der Waals surface area contributed by atoms with E-state index in [9.17, 15) is 0 Å². The smallest absolute Gasteiger partial charge is 0.198 e. The lowest BCUT2D eigenvalue weighted by molar-refractivity contribution is 1.18. The quantitative estimate of drug-likeness (QED) is 0.486. The molecule has 3 N–H and O–H groups in total. The Bertz CT molecular complexity index is 364. The third-order valence-electron chi connectivity index (χ3n) is 2.10. The minimum atomic E-state index is 0.444. The zero-order valence-corrected chi connectivity index (χ0v) is 14.4. The summed E-state index contributed by atoms with van der Waals surface area (Å²) in [5.41, 5.74) is 9.37. The van der Waals surface area contributed by atoms with E-state index < -0.39 is 0 Å². The standard InChI is InChI=1S/C11H17N3S.2C2H6/c1-7-5-8(2)10(9(3)6-7)15-14-11(12)13-4;2*1-2/h5-6H,1-4H3,(H3,12,13,14);2*1-2H3. The molecule has 19 heavy (non-hydrogen) atoms. The summed E-state index contributed by atoms with van der Waals surface area (Å²) in [6.45, 7) is 14.3. The molecule has 0 fully saturated rings. The van der Waals surface area contributed by atoms with Crippen molar-refractivity contribution in [2.24, 2.45) is 10.7 Å². The summed E-state index contributed by atoms with van der Waals surface area (Å²) >= 11 is 1.51. The number of nitrogens with zero attached hydrogens (tertiary/aromatic N) is 1. The van der Waals surface area contributed by atoms with Crippen molar-refractivity contribution in [3.8, 4) is 0 Å². The van der Waals surface area contributed by atoms with Gasteiger partial charge in [0.05, 0.1) is 0 Å². The molecule has 3 nitrogen and oxygen atoms in total. The third kappa shape index (κ3) is 7.78. The van der Waals surface area contributed by atoms with Crippen molar-refractivity contribution < 1.29 is 0 Å². The van der Waals surface area contributed by atoms with E-state index in [2.05, 4.69) is 42.6 Å². The number of nitrogens with one attached hydrogen (secondary N) is 1. The van der Waals surface area contributed by atoms with Crippen LogP contribution in [0.25, 0.3) is 0 Å². The monoisotopic (exact) mass is 283 g/mol. The Hall–Kier alpha value is -1.16. The van der Waals surface area contributed by atoms with E-state index >= 15 is 0 Å². The average Bonchev–Trinajstić information content (AvgIpc) is 2.41. The maximum Gasteiger partial charge on any atom is 0.198 e. The van der Waals surface area contributed by atoms with Crippen molar-refractivity contribution in [2.45, 2.75) is 53.4 Å². The lowest BCUT2D eigenvalue weighted by atomic mass is 10.1. The van der Waals surface area contributed by atoms with Crippen LogP contribution in [0.4, 0.5) is 0 Å². The molecule has 0 unspecified atom stereocenters. The molecule has 0 aromatic heterocycles. The molecule has 0 aliphatic carbocycles. The van der Waals surface area contributed by atoms with Crippen LogP contribution in [0, 0.1) is 20.8 Å². The Balaban J connectivity index is 0. The molecule has 0 bridgehead atoms. The van der Waals surface area contributed by atoms with Crippen molar-refractivity contribution in [3.63, 3.8) is 0 Å². The van der Waals surface area contributed by atoms with Gasteiger partial charge in [0, 0.05) is 11.9 Å². The summed E-state index contributed by atoms with van der Waals surface area (Å²) in [6.07, 6.45) is 0. The topological polar surface area (TPSA) is 50.4 Å². The molecule has 0 aliphatic heterocycles. The largest absolute Gasteiger partial charge is 0.369 e. The number of hydrogen-bond donors (Lipinski definition) is 2. The molecular formula is C15H29N3S. The first kappa shape index (κ1) is 20.2. The highest BCUT2D eigenvalue weighted by Crippen LogP contribution is 2.25. The predicted molar refractivity (Wildman–Crippen MR) is 89.9 cm³/mol. The van der Waals surface area contributed by atoms with E-state index in [0.717, 1.165) is 0 Å². The number of aliphatic imine (C=N–C) groups is 1. The van der Waals surface area contributed by atoms with Gasteiger partial charge in [-0.3, -0.25) is 9.71 Å². The van der Waals surface area contributed by atoms with Crippen LogP contribution in [0.5, 0.6) is 0 Å². The molecule has 1 aromatic rings. The van der Waals surface area contributed by atoms with Gasteiger partial charge in [-0.25, -0.2) is 0 Å². The number of benzene rings is 1. The molecule has 0 aliphatic rings. The van der Waals surface area contributed by atoms with Gasteiger partial charge in [-0.05, 0) is 43.8 Å². The highest BCUT2D eigenvalue weighted by atomic mass is 32.2. The summed E-state index contributed by atoms with van der Waals surface area (Å²) in [5, 5.41) is 0. The second-order valence-corrected chi connectivity index (χ2v) is 4.36. The van der Waals surface area contributed by atoms with E-state index in [1.165, 1.54) is 33.5 Å². The summed E-state index contributed by atoms with van der Waals surface area (Å²) in [5.74, 6) is 0.444. The molecule has 0 saturated carbocycles. The van der Waals surface area contributed by atoms with Gasteiger partial charge in [0.2, 0.25) is 0 Å². The van der Waals surface area contributed by atoms with Crippen LogP contribution in [-0.2, 0) is 0 Å². The summed E-state index contributed by atoms with van der Waals surface area (Å²) in [4.78, 5) is 5.06. The summed E-state index contributed by atoms with van der Waals surface area (Å²) in [6, 6.07) is 4.33. The zero-order chi connectivity index (χ0) is 15.4. The highest BCUT2D eigenvalue weighted by molar-refractivity contribution is 7.98. The first-order valence-electron chi connectivity index (χ1n) is 6.77. The maximum absolute atomic E-state index is 5.57. The number of guanidine groups is 1. The van der Waals surface area contributed by atoms with Gasteiger partial charge in [-0.1, -0.05) is 45.4 Å². The average molecular weight is 283 g/mol. The van der Waals surface area contributed by atoms with Crippen LogP contribution < -0.4 is 10.5 Å². The highest BCUT2D eigenvalue weighted by Gasteiger charge is 2.04. The van der Waals surface area contributed by atoms with Crippen LogP contribution in [0.3, 0.4) is 0 Å². The Morgan fingerprint density at radius 3 is 1.84 bits per heavy atom. The Kier molecular flexibility index (Phi) is 12.6. The van der Waals surface area contributed by atoms with Crippen molar-refractivity contribution >= 4 is 17.9 Å². The first-order valence-corrected chi connectivity index (χ1v) is 7.59. The van der Waals surface area contributed by atoms with Crippen molar-refractivity contribution in [1.29, 1.82) is 0 Å². The Labute approximate surface area is 123 Å². The van der Waals surface area contributed by atoms with Gasteiger partial charge in [-0.15, -0.1) is 0 Å². The molecular weight excluding hydrogens is 254 g/mol. The van der Waals surface area contributed by atoms with E-state index in [4.69, 9.17) is 5.73 Å². The van der Waals surface area contributed by atoms with Crippen LogP contribution >= 0.6 is 11.9 Å². The number of hydrogen-bond acceptors (Lipinski definition) is 2. The molecule has 0 amide bonds. The molecule has 0 spiro atoms. The molecule has 110 valence electrons. The molecule has 4 heteroatoms. The van der Waals surface area contributed by atoms with Crippen LogP contribution in [0.1, 0.15) is 44.4 Å². The van der Waals surface area contributed by atoms with Gasteiger partial charge in [0.1, 0.15) is 0 Å². The fraction of sp³-hybridized carbons (Fsp3) is 0.533. The fourth-order valence-electron chi connectivity index (χ4n) is 1.48. The fourth-order valence-corrected chi connectivity index (χ4v) is 2.21. The van der Waals surface area contributed by atoms with Gasteiger partial charge < -0.3 is 5.73 Å². The Morgan fingerprint density at radius 1 is 1.05 bits per heavy atom. The molecule has 0 radical (unpaired) electrons. The van der Waals surface area contributed by atoms with E-state index in [1.807, 2.05) is 27.7 Å². The molecule has 0 saturated heterocycles. The first-order chi connectivity index (χ1) is 9.04. The van der Waals surface area contributed by atoms with Crippen LogP contribution in [-0.4, -0.2) is 13.0 Å². The molecule has 0 heterocycles. The minimum absolute atomic E-state index is 0.444. The summed E-state index contributed by atoms with van der Waals surface area (Å²) in [7, 11) is 1.66. The maximum atomic E-state index is 5.57. The lowest BCUT2D eigenvalue weighted by Crippen LogP contribution is -2.25. The van der Waals surface area contributed by atoms with Gasteiger partial charge in [-0.2, -0.15) is 0 Å². The van der Waals surface area contributed by atoms with E-state index in [1.54, 1.807) is 7.05 Å². The number of rotatable bonds is 2. The van der Waals surface area contributed by atoms with Crippen molar-refractivity contribution in [1.82, 2.24) is 4.72 Å². The van der Waals surface area contributed by atoms with Crippen LogP contribution in [0.2, 0.25) is 0 Å². The van der Waals surface area contributed by atoms with Gasteiger partial charge in [0.25, 0.3) is 0 Å². The molecule has 1 aromatic carbocycles. The van der Waals surface area contributed by atoms with Crippen molar-refractivity contribution in [2.75, 3.05) is 7.05 Å². The SMILES string of the molecule is CC.CC.CN=C(N)NSc1c(C)cc(C)cc1C. The Morgan fingerprint density at radius 2 is 1.47 bits per heavy atom. The normalized spacial score (nSPS) is 9.79. The predicted octanol–water partition coefficient (Wildman–Crippen LogP) is 4.21. The second kappa shape index (κ2) is 11.9. The van der Waals surface area contributed by atoms with Gasteiger partial charge in [0.15, 0.2) is 5.96 Å². The van der Waals surface area contributed by atoms with Gasteiger partial charge >= 0.3 is 0 Å². The zero-order valence-electron chi connectivity index (χ0n) is 13.6. The third-order valence-corrected chi connectivity index (χ3v) is 3.26. The lowest BCUT2D eigenvalue weighted by Gasteiger charge is -2.11. The van der Waals surface area contributed by atoms with E-state index in [0.29, 0.717) is 5.96 Å². The molecule has 1 rings (SSSR count). The number of nitrogens with two attached hydrogens (primary N) is 1.